The number of nitrogens with zero attached hydrogens (tertiary/aromatic N) is 2. The number of ether oxygens (including phenoxy) is 1. The van der Waals surface area contributed by atoms with Crippen LogP contribution in [0.2, 0.25) is 0 Å². The number of anilines is 2. The SMILES string of the molecule is CCN1CCN(c2ccc(NC(=O)COC(=O)CNC(=O)c3ccc(C(F)(F)F)cc3)cc2)CC1. The van der Waals surface area contributed by atoms with Crippen LogP contribution in [-0.2, 0) is 20.5 Å². The zero-order valence-corrected chi connectivity index (χ0v) is 19.2. The van der Waals surface area contributed by atoms with Gasteiger partial charge < -0.3 is 25.2 Å². The lowest BCUT2D eigenvalue weighted by Gasteiger charge is -2.35. The molecule has 0 atom stereocenters. The fourth-order valence-corrected chi connectivity index (χ4v) is 3.54. The summed E-state index contributed by atoms with van der Waals surface area (Å²) in [6.07, 6.45) is -4.51. The summed E-state index contributed by atoms with van der Waals surface area (Å²) in [5.41, 5.74) is 0.690. The van der Waals surface area contributed by atoms with Gasteiger partial charge in [0, 0.05) is 43.1 Å². The molecular weight excluding hydrogens is 465 g/mol. The molecule has 1 heterocycles. The molecule has 0 aliphatic carbocycles. The summed E-state index contributed by atoms with van der Waals surface area (Å²) < 4.78 is 42.6. The van der Waals surface area contributed by atoms with Crippen LogP contribution < -0.4 is 15.5 Å². The predicted molar refractivity (Wildman–Crippen MR) is 124 cm³/mol. The fraction of sp³-hybridized carbons (Fsp3) is 0.375. The third-order valence-electron chi connectivity index (χ3n) is 5.57. The molecule has 0 aromatic heterocycles. The van der Waals surface area contributed by atoms with Gasteiger partial charge >= 0.3 is 12.1 Å². The lowest BCUT2D eigenvalue weighted by molar-refractivity contribution is -0.146. The monoisotopic (exact) mass is 492 g/mol. The van der Waals surface area contributed by atoms with Crippen molar-refractivity contribution in [3.63, 3.8) is 0 Å². The molecule has 0 unspecified atom stereocenters. The number of piperazine rings is 1. The highest BCUT2D eigenvalue weighted by Crippen LogP contribution is 2.29. The third kappa shape index (κ3) is 7.71. The Morgan fingerprint density at radius 3 is 2.14 bits per heavy atom. The van der Waals surface area contributed by atoms with E-state index in [9.17, 15) is 27.6 Å². The topological polar surface area (TPSA) is 91.0 Å². The minimum Gasteiger partial charge on any atom is -0.454 e. The number of hydrogen-bond donors (Lipinski definition) is 2. The number of amides is 2. The van der Waals surface area contributed by atoms with Crippen molar-refractivity contribution in [2.75, 3.05) is 56.1 Å². The Bertz CT molecular complexity index is 1020. The second-order valence-corrected chi connectivity index (χ2v) is 7.93. The average Bonchev–Trinajstić information content (AvgIpc) is 2.86. The van der Waals surface area contributed by atoms with E-state index in [0.717, 1.165) is 62.7 Å². The molecular formula is C24H27F3N4O4. The van der Waals surface area contributed by atoms with E-state index in [1.807, 2.05) is 12.1 Å². The van der Waals surface area contributed by atoms with Gasteiger partial charge in [0.2, 0.25) is 0 Å². The molecule has 11 heteroatoms. The van der Waals surface area contributed by atoms with Crippen LogP contribution in [0.3, 0.4) is 0 Å². The molecule has 1 aliphatic rings. The van der Waals surface area contributed by atoms with Gasteiger partial charge in [0.25, 0.3) is 11.8 Å². The van der Waals surface area contributed by atoms with Gasteiger partial charge in [0.15, 0.2) is 6.61 Å². The first-order valence-electron chi connectivity index (χ1n) is 11.1. The van der Waals surface area contributed by atoms with E-state index < -0.39 is 42.7 Å². The van der Waals surface area contributed by atoms with Gasteiger partial charge in [-0.15, -0.1) is 0 Å². The van der Waals surface area contributed by atoms with Crippen molar-refractivity contribution < 1.29 is 32.3 Å². The van der Waals surface area contributed by atoms with E-state index in [0.29, 0.717) is 5.69 Å². The minimum absolute atomic E-state index is 0.0424. The van der Waals surface area contributed by atoms with Gasteiger partial charge in [-0.25, -0.2) is 0 Å². The van der Waals surface area contributed by atoms with E-state index in [1.165, 1.54) is 0 Å². The van der Waals surface area contributed by atoms with Gasteiger partial charge in [-0.05, 0) is 55.1 Å². The molecule has 0 saturated carbocycles. The second kappa shape index (κ2) is 11.7. The van der Waals surface area contributed by atoms with Crippen LogP contribution in [0.1, 0.15) is 22.8 Å². The highest BCUT2D eigenvalue weighted by molar-refractivity contribution is 5.96. The van der Waals surface area contributed by atoms with Gasteiger partial charge in [-0.1, -0.05) is 6.92 Å². The summed E-state index contributed by atoms with van der Waals surface area (Å²) in [5.74, 6) is -2.14. The lowest BCUT2D eigenvalue weighted by Crippen LogP contribution is -2.46. The number of carbonyl (C=O) groups excluding carboxylic acids is 3. The van der Waals surface area contributed by atoms with Crippen molar-refractivity contribution in [3.8, 4) is 0 Å². The van der Waals surface area contributed by atoms with E-state index >= 15 is 0 Å². The molecule has 2 aromatic carbocycles. The molecule has 8 nitrogen and oxygen atoms in total. The molecule has 1 aliphatic heterocycles. The molecule has 2 amide bonds. The summed E-state index contributed by atoms with van der Waals surface area (Å²) in [7, 11) is 0. The van der Waals surface area contributed by atoms with Crippen molar-refractivity contribution in [1.82, 2.24) is 10.2 Å². The first-order chi connectivity index (χ1) is 16.7. The normalized spacial score (nSPS) is 14.3. The number of alkyl halides is 3. The fourth-order valence-electron chi connectivity index (χ4n) is 3.54. The Kier molecular flexibility index (Phi) is 8.69. The van der Waals surface area contributed by atoms with Crippen LogP contribution >= 0.6 is 0 Å². The first-order valence-corrected chi connectivity index (χ1v) is 11.1. The van der Waals surface area contributed by atoms with Crippen LogP contribution in [0.5, 0.6) is 0 Å². The number of nitrogens with one attached hydrogen (secondary N) is 2. The highest BCUT2D eigenvalue weighted by atomic mass is 19.4. The Morgan fingerprint density at radius 1 is 0.943 bits per heavy atom. The zero-order valence-electron chi connectivity index (χ0n) is 19.2. The van der Waals surface area contributed by atoms with Gasteiger partial charge in [0.05, 0.1) is 5.56 Å². The summed E-state index contributed by atoms with van der Waals surface area (Å²) in [6, 6.07) is 10.9. The van der Waals surface area contributed by atoms with Crippen molar-refractivity contribution in [3.05, 3.63) is 59.7 Å². The summed E-state index contributed by atoms with van der Waals surface area (Å²) >= 11 is 0. The summed E-state index contributed by atoms with van der Waals surface area (Å²) in [6.45, 7) is 5.98. The zero-order chi connectivity index (χ0) is 25.4. The molecule has 2 aromatic rings. The van der Waals surface area contributed by atoms with E-state index in [4.69, 9.17) is 4.74 Å². The Hall–Kier alpha value is -3.60. The van der Waals surface area contributed by atoms with Crippen LogP contribution in [0, 0.1) is 0 Å². The van der Waals surface area contributed by atoms with Crippen molar-refractivity contribution in [2.45, 2.75) is 13.1 Å². The predicted octanol–water partition coefficient (Wildman–Crippen LogP) is 2.76. The standard InChI is InChI=1S/C24H27F3N4O4/c1-2-30-11-13-31(14-12-30)20-9-7-19(8-10-20)29-21(32)16-35-22(33)15-28-23(34)17-3-5-18(6-4-17)24(25,26)27/h3-10H,2,11-16H2,1H3,(H,28,34)(H,29,32). The summed E-state index contributed by atoms with van der Waals surface area (Å²) in [5, 5.41) is 4.87. The number of likely N-dealkylation sites (N-methyl/N-ethyl adjacent to an activating group) is 1. The van der Waals surface area contributed by atoms with E-state index in [1.54, 1.807) is 12.1 Å². The molecule has 35 heavy (non-hydrogen) atoms. The van der Waals surface area contributed by atoms with Crippen LogP contribution in [0.25, 0.3) is 0 Å². The smallest absolute Gasteiger partial charge is 0.416 e. The molecule has 1 fully saturated rings. The summed E-state index contributed by atoms with van der Waals surface area (Å²) in [4.78, 5) is 40.5. The molecule has 3 rings (SSSR count). The number of carbonyl (C=O) groups is 3. The van der Waals surface area contributed by atoms with E-state index in [-0.39, 0.29) is 5.56 Å². The maximum atomic E-state index is 12.6. The van der Waals surface area contributed by atoms with Crippen LogP contribution in [-0.4, -0.2) is 68.6 Å². The average molecular weight is 492 g/mol. The van der Waals surface area contributed by atoms with E-state index in [2.05, 4.69) is 27.4 Å². The highest BCUT2D eigenvalue weighted by Gasteiger charge is 2.30. The largest absolute Gasteiger partial charge is 0.454 e. The van der Waals surface area contributed by atoms with Crippen LogP contribution in [0.4, 0.5) is 24.5 Å². The minimum atomic E-state index is -4.51. The van der Waals surface area contributed by atoms with Crippen LogP contribution in [0.15, 0.2) is 48.5 Å². The number of esters is 1. The molecule has 0 spiro atoms. The van der Waals surface area contributed by atoms with Crippen molar-refractivity contribution in [2.24, 2.45) is 0 Å². The number of hydrogen-bond acceptors (Lipinski definition) is 6. The molecule has 188 valence electrons. The van der Waals surface area contributed by atoms with Gasteiger partial charge in [-0.2, -0.15) is 13.2 Å². The number of benzene rings is 2. The Labute approximate surface area is 201 Å². The number of halogens is 3. The first kappa shape index (κ1) is 26.0. The Balaban J connectivity index is 1.38. The molecule has 1 saturated heterocycles. The van der Waals surface area contributed by atoms with Crippen molar-refractivity contribution in [1.29, 1.82) is 0 Å². The van der Waals surface area contributed by atoms with Crippen molar-refractivity contribution >= 4 is 29.2 Å². The molecule has 2 N–H and O–H groups in total. The quantitative estimate of drug-likeness (QED) is 0.551. The maximum Gasteiger partial charge on any atom is 0.416 e. The molecule has 0 bridgehead atoms. The maximum absolute atomic E-state index is 12.6. The third-order valence-corrected chi connectivity index (χ3v) is 5.57. The number of rotatable bonds is 8. The molecule has 0 radical (unpaired) electrons. The van der Waals surface area contributed by atoms with Gasteiger partial charge in [0.1, 0.15) is 6.54 Å². The Morgan fingerprint density at radius 2 is 1.57 bits per heavy atom. The lowest BCUT2D eigenvalue weighted by atomic mass is 10.1. The second-order valence-electron chi connectivity index (χ2n) is 7.93. The van der Waals surface area contributed by atoms with Gasteiger partial charge in [-0.3, -0.25) is 14.4 Å².